The highest BCUT2D eigenvalue weighted by atomic mass is 16.5. The first kappa shape index (κ1) is 17.4. The fourth-order valence-electron chi connectivity index (χ4n) is 3.90. The lowest BCUT2D eigenvalue weighted by molar-refractivity contribution is -0.177. The Balaban J connectivity index is 1.69. The van der Waals surface area contributed by atoms with Gasteiger partial charge in [-0.3, -0.25) is 4.79 Å². The zero-order valence-corrected chi connectivity index (χ0v) is 15.3. The lowest BCUT2D eigenvalue weighted by Gasteiger charge is -2.59. The van der Waals surface area contributed by atoms with Gasteiger partial charge in [0, 0.05) is 18.6 Å². The Morgan fingerprint density at radius 2 is 2.00 bits per heavy atom. The van der Waals surface area contributed by atoms with E-state index < -0.39 is 0 Å². The Morgan fingerprint density at radius 1 is 1.33 bits per heavy atom. The molecule has 3 rings (SSSR count). The van der Waals surface area contributed by atoms with E-state index in [0.717, 1.165) is 38.0 Å². The molecule has 1 saturated heterocycles. The van der Waals surface area contributed by atoms with E-state index in [1.54, 1.807) is 7.11 Å². The van der Waals surface area contributed by atoms with Crippen molar-refractivity contribution >= 4 is 5.91 Å². The summed E-state index contributed by atoms with van der Waals surface area (Å²) < 4.78 is 7.54. The highest BCUT2D eigenvalue weighted by Gasteiger charge is 2.58. The third-order valence-corrected chi connectivity index (χ3v) is 6.38. The molecule has 2 heterocycles. The van der Waals surface area contributed by atoms with Gasteiger partial charge in [0.05, 0.1) is 17.3 Å². The smallest absolute Gasteiger partial charge is 0.273 e. The van der Waals surface area contributed by atoms with Gasteiger partial charge in [-0.25, -0.2) is 4.68 Å². The third-order valence-electron chi connectivity index (χ3n) is 6.38. The van der Waals surface area contributed by atoms with E-state index in [9.17, 15) is 4.79 Å². The summed E-state index contributed by atoms with van der Waals surface area (Å²) in [6.45, 7) is 10.2. The molecule has 7 nitrogen and oxygen atoms in total. The maximum absolute atomic E-state index is 12.7. The van der Waals surface area contributed by atoms with Crippen LogP contribution in [0.5, 0.6) is 0 Å². The number of nitrogens with one attached hydrogen (secondary N) is 2. The van der Waals surface area contributed by atoms with E-state index in [1.165, 1.54) is 0 Å². The lowest BCUT2D eigenvalue weighted by Crippen LogP contribution is -2.68. The second-order valence-corrected chi connectivity index (χ2v) is 7.84. The van der Waals surface area contributed by atoms with E-state index in [0.29, 0.717) is 11.7 Å². The fraction of sp³-hybridized carbons (Fsp3) is 0.824. The normalized spacial score (nSPS) is 30.0. The monoisotopic (exact) mass is 335 g/mol. The van der Waals surface area contributed by atoms with E-state index in [4.69, 9.17) is 4.74 Å². The number of amides is 1. The lowest BCUT2D eigenvalue weighted by atomic mass is 9.56. The SMILES string of the molecule is CO[C@@]1(C)C[C@H](NC(=O)c2nnn(C3CCNCC3)c2C)C1(C)C. The van der Waals surface area contributed by atoms with Crippen LogP contribution in [0.4, 0.5) is 0 Å². The molecule has 0 radical (unpaired) electrons. The molecule has 134 valence electrons. The van der Waals surface area contributed by atoms with Crippen LogP contribution in [-0.4, -0.2) is 52.7 Å². The largest absolute Gasteiger partial charge is 0.378 e. The highest BCUT2D eigenvalue weighted by Crippen LogP contribution is 2.51. The Kier molecular flexibility index (Phi) is 4.42. The Hall–Kier alpha value is -1.47. The Morgan fingerprint density at radius 3 is 2.58 bits per heavy atom. The van der Waals surface area contributed by atoms with E-state index in [-0.39, 0.29) is 23.0 Å². The van der Waals surface area contributed by atoms with E-state index in [1.807, 2.05) is 11.6 Å². The number of carbonyl (C=O) groups is 1. The minimum absolute atomic E-state index is 0.0818. The molecule has 1 aromatic rings. The van der Waals surface area contributed by atoms with Gasteiger partial charge in [-0.2, -0.15) is 0 Å². The van der Waals surface area contributed by atoms with Crippen molar-refractivity contribution in [2.24, 2.45) is 5.41 Å². The fourth-order valence-corrected chi connectivity index (χ4v) is 3.90. The molecule has 1 saturated carbocycles. The number of rotatable bonds is 4. The predicted octanol–water partition coefficient (Wildman–Crippen LogP) is 1.44. The van der Waals surface area contributed by atoms with Gasteiger partial charge in [-0.15, -0.1) is 5.10 Å². The molecule has 1 aliphatic carbocycles. The molecule has 2 fully saturated rings. The van der Waals surface area contributed by atoms with Crippen molar-refractivity contribution in [1.29, 1.82) is 0 Å². The Labute approximate surface area is 143 Å². The molecule has 2 atom stereocenters. The molecule has 0 spiro atoms. The molecule has 0 bridgehead atoms. The van der Waals surface area contributed by atoms with Gasteiger partial charge in [-0.05, 0) is 46.2 Å². The molecule has 2 N–H and O–H groups in total. The summed E-state index contributed by atoms with van der Waals surface area (Å²) in [4.78, 5) is 12.7. The topological polar surface area (TPSA) is 81.1 Å². The van der Waals surface area contributed by atoms with Crippen molar-refractivity contribution in [2.75, 3.05) is 20.2 Å². The predicted molar refractivity (Wildman–Crippen MR) is 91.0 cm³/mol. The van der Waals surface area contributed by atoms with Crippen LogP contribution < -0.4 is 10.6 Å². The van der Waals surface area contributed by atoms with Crippen LogP contribution in [0.3, 0.4) is 0 Å². The number of hydrogen-bond donors (Lipinski definition) is 2. The van der Waals surface area contributed by atoms with Crippen molar-refractivity contribution in [3.05, 3.63) is 11.4 Å². The minimum atomic E-state index is -0.202. The quantitative estimate of drug-likeness (QED) is 0.870. The summed E-state index contributed by atoms with van der Waals surface area (Å²) in [5, 5.41) is 14.9. The van der Waals surface area contributed by atoms with Crippen LogP contribution in [0.25, 0.3) is 0 Å². The first-order chi connectivity index (χ1) is 11.3. The number of carbonyl (C=O) groups excluding carboxylic acids is 1. The zero-order valence-electron chi connectivity index (χ0n) is 15.3. The Bertz CT molecular complexity index is 620. The second kappa shape index (κ2) is 6.11. The molecule has 1 amide bonds. The number of nitrogens with zero attached hydrogens (tertiary/aromatic N) is 3. The second-order valence-electron chi connectivity index (χ2n) is 7.84. The van der Waals surface area contributed by atoms with Crippen LogP contribution in [0.15, 0.2) is 0 Å². The van der Waals surface area contributed by atoms with Crippen LogP contribution in [0.2, 0.25) is 0 Å². The number of piperidine rings is 1. The average molecular weight is 335 g/mol. The maximum atomic E-state index is 12.7. The summed E-state index contributed by atoms with van der Waals surface area (Å²) in [6, 6.07) is 0.413. The summed E-state index contributed by atoms with van der Waals surface area (Å²) in [7, 11) is 1.73. The van der Waals surface area contributed by atoms with Crippen molar-refractivity contribution < 1.29 is 9.53 Å². The van der Waals surface area contributed by atoms with Crippen molar-refractivity contribution in [3.8, 4) is 0 Å². The van der Waals surface area contributed by atoms with E-state index >= 15 is 0 Å². The van der Waals surface area contributed by atoms with Crippen LogP contribution in [0.1, 0.15) is 62.3 Å². The van der Waals surface area contributed by atoms with Crippen LogP contribution >= 0.6 is 0 Å². The molecular formula is C17H29N5O2. The molecule has 1 aromatic heterocycles. The van der Waals surface area contributed by atoms with Gasteiger partial charge in [0.1, 0.15) is 0 Å². The minimum Gasteiger partial charge on any atom is -0.378 e. The summed E-state index contributed by atoms with van der Waals surface area (Å²) in [6.07, 6.45) is 2.85. The summed E-state index contributed by atoms with van der Waals surface area (Å²) >= 11 is 0. The number of aromatic nitrogens is 3. The van der Waals surface area contributed by atoms with Gasteiger partial charge in [-0.1, -0.05) is 19.1 Å². The first-order valence-corrected chi connectivity index (χ1v) is 8.78. The van der Waals surface area contributed by atoms with E-state index in [2.05, 4.69) is 41.7 Å². The highest BCUT2D eigenvalue weighted by molar-refractivity contribution is 5.93. The molecule has 0 aromatic carbocycles. The average Bonchev–Trinajstić information content (AvgIpc) is 2.96. The van der Waals surface area contributed by atoms with Crippen molar-refractivity contribution in [1.82, 2.24) is 25.6 Å². The van der Waals surface area contributed by atoms with Crippen LogP contribution in [0, 0.1) is 12.3 Å². The third kappa shape index (κ3) is 2.63. The number of ether oxygens (including phenoxy) is 1. The van der Waals surface area contributed by atoms with Gasteiger partial charge in [0.2, 0.25) is 0 Å². The molecule has 2 aliphatic rings. The van der Waals surface area contributed by atoms with Gasteiger partial charge >= 0.3 is 0 Å². The molecule has 0 unspecified atom stereocenters. The summed E-state index contributed by atoms with van der Waals surface area (Å²) in [5.74, 6) is -0.135. The standard InChI is InChI=1S/C17H29N5O2/c1-11-14(20-21-22(11)12-6-8-18-9-7-12)15(23)19-13-10-17(4,24-5)16(13,2)3/h12-13,18H,6-10H2,1-5H3,(H,19,23)/t13-,17-/m0/s1. The van der Waals surface area contributed by atoms with Gasteiger partial charge in [0.15, 0.2) is 5.69 Å². The van der Waals surface area contributed by atoms with Crippen molar-refractivity contribution in [3.63, 3.8) is 0 Å². The molecule has 1 aliphatic heterocycles. The van der Waals surface area contributed by atoms with Gasteiger partial charge < -0.3 is 15.4 Å². The molecular weight excluding hydrogens is 306 g/mol. The van der Waals surface area contributed by atoms with Crippen molar-refractivity contribution in [2.45, 2.75) is 64.6 Å². The maximum Gasteiger partial charge on any atom is 0.273 e. The number of hydrogen-bond acceptors (Lipinski definition) is 5. The summed E-state index contributed by atoms with van der Waals surface area (Å²) in [5.41, 5.74) is 0.977. The number of methoxy groups -OCH3 is 1. The van der Waals surface area contributed by atoms with Crippen LogP contribution in [-0.2, 0) is 4.74 Å². The zero-order chi connectivity index (χ0) is 17.5. The molecule has 7 heteroatoms. The molecule has 24 heavy (non-hydrogen) atoms. The van der Waals surface area contributed by atoms with Gasteiger partial charge in [0.25, 0.3) is 5.91 Å². The first-order valence-electron chi connectivity index (χ1n) is 8.78.